The van der Waals surface area contributed by atoms with Crippen molar-refractivity contribution in [3.8, 4) is 28.7 Å². The minimum absolute atomic E-state index is 0.197. The Morgan fingerprint density at radius 3 is 2.38 bits per heavy atom. The molecule has 6 aromatic rings. The van der Waals surface area contributed by atoms with Crippen molar-refractivity contribution in [2.45, 2.75) is 0 Å². The van der Waals surface area contributed by atoms with E-state index in [4.69, 9.17) is 13.8 Å². The standard InChI is InChI=1S/C24H14N2O3/c27-16-11-9-14(10-12-16)23-26-21-17-6-2-1-5-15(17)13-18(22(21)29-23)24-25-19-7-3-4-8-20(19)28-24/h1-13,27H. The molecule has 0 aliphatic carbocycles. The molecule has 138 valence electrons. The summed E-state index contributed by atoms with van der Waals surface area (Å²) in [5, 5.41) is 11.6. The third-order valence-corrected chi connectivity index (χ3v) is 5.03. The first-order chi connectivity index (χ1) is 14.3. The van der Waals surface area contributed by atoms with E-state index in [-0.39, 0.29) is 5.75 Å². The molecule has 5 nitrogen and oxygen atoms in total. The van der Waals surface area contributed by atoms with E-state index in [1.54, 1.807) is 24.3 Å². The number of aromatic hydroxyl groups is 1. The Morgan fingerprint density at radius 1 is 0.724 bits per heavy atom. The average molecular weight is 378 g/mol. The molecule has 0 amide bonds. The molecule has 5 heteroatoms. The van der Waals surface area contributed by atoms with Crippen molar-refractivity contribution in [3.05, 3.63) is 78.9 Å². The Morgan fingerprint density at radius 2 is 1.52 bits per heavy atom. The SMILES string of the molecule is Oc1ccc(-c2nc3c(o2)c(-c2nc4ccccc4o2)cc2ccccc23)cc1. The van der Waals surface area contributed by atoms with Gasteiger partial charge in [-0.05, 0) is 47.9 Å². The fourth-order valence-corrected chi connectivity index (χ4v) is 3.62. The molecule has 29 heavy (non-hydrogen) atoms. The maximum Gasteiger partial charge on any atom is 0.231 e. The van der Waals surface area contributed by atoms with Gasteiger partial charge in [0.15, 0.2) is 11.2 Å². The van der Waals surface area contributed by atoms with Crippen molar-refractivity contribution in [2.75, 3.05) is 0 Å². The van der Waals surface area contributed by atoms with E-state index in [9.17, 15) is 5.11 Å². The van der Waals surface area contributed by atoms with E-state index in [0.29, 0.717) is 17.4 Å². The monoisotopic (exact) mass is 378 g/mol. The largest absolute Gasteiger partial charge is 0.508 e. The summed E-state index contributed by atoms with van der Waals surface area (Å²) >= 11 is 0. The van der Waals surface area contributed by atoms with Gasteiger partial charge in [-0.3, -0.25) is 0 Å². The lowest BCUT2D eigenvalue weighted by Crippen LogP contribution is -1.82. The van der Waals surface area contributed by atoms with E-state index < -0.39 is 0 Å². The molecule has 0 unspecified atom stereocenters. The van der Waals surface area contributed by atoms with Crippen LogP contribution in [0.15, 0.2) is 87.7 Å². The number of rotatable bonds is 2. The zero-order valence-corrected chi connectivity index (χ0v) is 15.2. The number of nitrogens with zero attached hydrogens (tertiary/aromatic N) is 2. The van der Waals surface area contributed by atoms with E-state index in [1.807, 2.05) is 54.6 Å². The van der Waals surface area contributed by atoms with Gasteiger partial charge in [0.2, 0.25) is 11.8 Å². The predicted molar refractivity (Wildman–Crippen MR) is 112 cm³/mol. The van der Waals surface area contributed by atoms with Gasteiger partial charge < -0.3 is 13.9 Å². The molecule has 2 heterocycles. The second-order valence-corrected chi connectivity index (χ2v) is 6.88. The first-order valence-electron chi connectivity index (χ1n) is 9.24. The number of phenols is 1. The summed E-state index contributed by atoms with van der Waals surface area (Å²) in [7, 11) is 0. The number of para-hydroxylation sites is 2. The van der Waals surface area contributed by atoms with Crippen molar-refractivity contribution in [1.82, 2.24) is 9.97 Å². The highest BCUT2D eigenvalue weighted by atomic mass is 16.4. The van der Waals surface area contributed by atoms with Crippen LogP contribution in [-0.4, -0.2) is 15.1 Å². The highest BCUT2D eigenvalue weighted by Gasteiger charge is 2.19. The first-order valence-corrected chi connectivity index (χ1v) is 9.24. The minimum Gasteiger partial charge on any atom is -0.508 e. The molecule has 0 fully saturated rings. The van der Waals surface area contributed by atoms with E-state index >= 15 is 0 Å². The summed E-state index contributed by atoms with van der Waals surface area (Å²) < 4.78 is 12.2. The Balaban J connectivity index is 1.67. The van der Waals surface area contributed by atoms with Gasteiger partial charge in [0, 0.05) is 10.9 Å². The number of oxazole rings is 2. The maximum absolute atomic E-state index is 9.57. The number of benzene rings is 4. The molecule has 0 aliphatic heterocycles. The molecule has 2 aromatic heterocycles. The molecule has 6 rings (SSSR count). The molecule has 0 aliphatic rings. The minimum atomic E-state index is 0.197. The second kappa shape index (κ2) is 5.94. The second-order valence-electron chi connectivity index (χ2n) is 6.88. The van der Waals surface area contributed by atoms with Crippen molar-refractivity contribution in [1.29, 1.82) is 0 Å². The van der Waals surface area contributed by atoms with Crippen LogP contribution in [0.25, 0.3) is 55.9 Å². The topological polar surface area (TPSA) is 72.3 Å². The summed E-state index contributed by atoms with van der Waals surface area (Å²) in [6.45, 7) is 0. The zero-order chi connectivity index (χ0) is 19.4. The average Bonchev–Trinajstić information content (AvgIpc) is 3.38. The molecular formula is C24H14N2O3. The molecule has 0 atom stereocenters. The van der Waals surface area contributed by atoms with E-state index in [2.05, 4.69) is 4.98 Å². The van der Waals surface area contributed by atoms with Crippen molar-refractivity contribution in [2.24, 2.45) is 0 Å². The Hall–Kier alpha value is -4.12. The maximum atomic E-state index is 9.57. The number of hydrogen-bond acceptors (Lipinski definition) is 5. The van der Waals surface area contributed by atoms with Crippen molar-refractivity contribution < 1.29 is 13.9 Å². The summed E-state index contributed by atoms with van der Waals surface area (Å²) in [4.78, 5) is 9.41. The highest BCUT2D eigenvalue weighted by molar-refractivity contribution is 6.09. The molecule has 0 radical (unpaired) electrons. The molecule has 4 aromatic carbocycles. The summed E-state index contributed by atoms with van der Waals surface area (Å²) in [5.41, 5.74) is 4.44. The van der Waals surface area contributed by atoms with Crippen LogP contribution in [0.3, 0.4) is 0 Å². The number of fused-ring (bicyclic) bond motifs is 4. The number of phenolic OH excluding ortho intramolecular Hbond substituents is 1. The molecule has 1 N–H and O–H groups in total. The third kappa shape index (κ3) is 2.48. The van der Waals surface area contributed by atoms with Gasteiger partial charge in [-0.25, -0.2) is 9.97 Å². The van der Waals surface area contributed by atoms with Crippen LogP contribution < -0.4 is 0 Å². The quantitative estimate of drug-likeness (QED) is 0.390. The fourth-order valence-electron chi connectivity index (χ4n) is 3.62. The molecule has 0 spiro atoms. The summed E-state index contributed by atoms with van der Waals surface area (Å²) in [5.74, 6) is 1.17. The van der Waals surface area contributed by atoms with Gasteiger partial charge in [0.05, 0.1) is 5.56 Å². The lowest BCUT2D eigenvalue weighted by atomic mass is 10.0. The number of hydrogen-bond donors (Lipinski definition) is 1. The summed E-state index contributed by atoms with van der Waals surface area (Å²) in [6, 6.07) is 24.5. The van der Waals surface area contributed by atoms with Crippen LogP contribution in [0.2, 0.25) is 0 Å². The zero-order valence-electron chi connectivity index (χ0n) is 15.2. The van der Waals surface area contributed by atoms with Crippen LogP contribution in [0.4, 0.5) is 0 Å². The van der Waals surface area contributed by atoms with Crippen LogP contribution in [-0.2, 0) is 0 Å². The van der Waals surface area contributed by atoms with E-state index in [0.717, 1.165) is 38.5 Å². The molecule has 0 bridgehead atoms. The highest BCUT2D eigenvalue weighted by Crippen LogP contribution is 2.38. The Kier molecular flexibility index (Phi) is 3.25. The summed E-state index contributed by atoms with van der Waals surface area (Å²) in [6.07, 6.45) is 0. The third-order valence-electron chi connectivity index (χ3n) is 5.03. The van der Waals surface area contributed by atoms with Crippen LogP contribution in [0.1, 0.15) is 0 Å². The van der Waals surface area contributed by atoms with Crippen LogP contribution >= 0.6 is 0 Å². The predicted octanol–water partition coefficient (Wildman–Crippen LogP) is 6.16. The van der Waals surface area contributed by atoms with Gasteiger partial charge >= 0.3 is 0 Å². The van der Waals surface area contributed by atoms with Gasteiger partial charge in [-0.2, -0.15) is 0 Å². The van der Waals surface area contributed by atoms with Crippen molar-refractivity contribution in [3.63, 3.8) is 0 Å². The Labute approximate surface area is 164 Å². The lowest BCUT2D eigenvalue weighted by molar-refractivity contribution is 0.475. The fraction of sp³-hybridized carbons (Fsp3) is 0. The van der Waals surface area contributed by atoms with Crippen LogP contribution in [0.5, 0.6) is 5.75 Å². The van der Waals surface area contributed by atoms with E-state index in [1.165, 1.54) is 0 Å². The Bertz CT molecular complexity index is 1480. The molecule has 0 saturated carbocycles. The van der Waals surface area contributed by atoms with Crippen LogP contribution in [0, 0.1) is 0 Å². The lowest BCUT2D eigenvalue weighted by Gasteiger charge is -2.02. The van der Waals surface area contributed by atoms with Gasteiger partial charge in [0.1, 0.15) is 16.8 Å². The van der Waals surface area contributed by atoms with Crippen molar-refractivity contribution >= 4 is 33.0 Å². The van der Waals surface area contributed by atoms with Gasteiger partial charge in [-0.1, -0.05) is 36.4 Å². The number of aromatic nitrogens is 2. The molecular weight excluding hydrogens is 364 g/mol. The first kappa shape index (κ1) is 15.9. The smallest absolute Gasteiger partial charge is 0.231 e. The molecule has 0 saturated heterocycles. The van der Waals surface area contributed by atoms with Gasteiger partial charge in [-0.15, -0.1) is 0 Å². The normalized spacial score (nSPS) is 11.6. The van der Waals surface area contributed by atoms with Gasteiger partial charge in [0.25, 0.3) is 0 Å².